The molecule has 0 radical (unpaired) electrons. The fraction of sp³-hybridized carbons (Fsp3) is 0.273. The fourth-order valence-electron chi connectivity index (χ4n) is 3.78. The van der Waals surface area contributed by atoms with Crippen molar-refractivity contribution in [2.45, 2.75) is 13.5 Å². The number of carbonyl (C=O) groups is 1. The van der Waals surface area contributed by atoms with Crippen LogP contribution in [-0.2, 0) is 6.54 Å². The number of aromatic nitrogens is 1. The predicted octanol–water partition coefficient (Wildman–Crippen LogP) is 3.31. The van der Waals surface area contributed by atoms with E-state index in [1.807, 2.05) is 11.0 Å². The van der Waals surface area contributed by atoms with Crippen LogP contribution in [0.3, 0.4) is 0 Å². The summed E-state index contributed by atoms with van der Waals surface area (Å²) in [5, 5.41) is 10.3. The van der Waals surface area contributed by atoms with Crippen LogP contribution in [0.15, 0.2) is 48.5 Å². The maximum Gasteiger partial charge on any atom is 0.253 e. The molecule has 5 heteroatoms. The lowest BCUT2D eigenvalue weighted by molar-refractivity contribution is 0.0628. The molecule has 1 saturated heterocycles. The smallest absolute Gasteiger partial charge is 0.253 e. The number of hydrogen-bond acceptors (Lipinski definition) is 3. The molecule has 0 unspecified atom stereocenters. The zero-order chi connectivity index (χ0) is 18.8. The van der Waals surface area contributed by atoms with Gasteiger partial charge in [-0.2, -0.15) is 5.26 Å². The van der Waals surface area contributed by atoms with E-state index in [2.05, 4.69) is 41.1 Å². The highest BCUT2D eigenvalue weighted by Crippen LogP contribution is 2.24. The molecule has 27 heavy (non-hydrogen) atoms. The van der Waals surface area contributed by atoms with E-state index in [1.54, 1.807) is 24.3 Å². The lowest BCUT2D eigenvalue weighted by atomic mass is 10.1. The number of nitrogens with zero attached hydrogens (tertiary/aromatic N) is 3. The Hall–Kier alpha value is -3.10. The van der Waals surface area contributed by atoms with Crippen molar-refractivity contribution in [3.05, 3.63) is 70.9 Å². The predicted molar refractivity (Wildman–Crippen MR) is 105 cm³/mol. The third-order valence-corrected chi connectivity index (χ3v) is 5.31. The number of para-hydroxylation sites is 1. The van der Waals surface area contributed by atoms with Gasteiger partial charge >= 0.3 is 0 Å². The van der Waals surface area contributed by atoms with Gasteiger partial charge in [0.2, 0.25) is 0 Å². The van der Waals surface area contributed by atoms with Crippen LogP contribution in [0.1, 0.15) is 27.2 Å². The van der Waals surface area contributed by atoms with Crippen LogP contribution in [0, 0.1) is 18.3 Å². The summed E-state index contributed by atoms with van der Waals surface area (Å²) in [6.07, 6.45) is 0. The summed E-state index contributed by atoms with van der Waals surface area (Å²) in [6, 6.07) is 17.4. The Balaban J connectivity index is 1.42. The van der Waals surface area contributed by atoms with Gasteiger partial charge in [0.05, 0.1) is 11.6 Å². The Morgan fingerprint density at radius 2 is 1.89 bits per heavy atom. The minimum atomic E-state index is 0.00928. The van der Waals surface area contributed by atoms with Crippen molar-refractivity contribution in [2.75, 3.05) is 26.2 Å². The number of aryl methyl sites for hydroxylation is 1. The molecule has 4 rings (SSSR count). The largest absolute Gasteiger partial charge is 0.358 e. The van der Waals surface area contributed by atoms with E-state index in [1.165, 1.54) is 22.2 Å². The second-order valence-electron chi connectivity index (χ2n) is 7.04. The molecule has 0 bridgehead atoms. The maximum atomic E-state index is 12.7. The van der Waals surface area contributed by atoms with E-state index in [4.69, 9.17) is 5.26 Å². The Morgan fingerprint density at radius 3 is 2.67 bits per heavy atom. The summed E-state index contributed by atoms with van der Waals surface area (Å²) >= 11 is 0. The van der Waals surface area contributed by atoms with Crippen molar-refractivity contribution in [1.82, 2.24) is 14.8 Å². The summed E-state index contributed by atoms with van der Waals surface area (Å²) in [4.78, 5) is 20.5. The first-order chi connectivity index (χ1) is 13.2. The van der Waals surface area contributed by atoms with Crippen molar-refractivity contribution in [3.8, 4) is 6.07 Å². The number of nitrogens with one attached hydrogen (secondary N) is 1. The third kappa shape index (κ3) is 3.44. The highest BCUT2D eigenvalue weighted by atomic mass is 16.2. The van der Waals surface area contributed by atoms with Gasteiger partial charge in [0.1, 0.15) is 0 Å². The van der Waals surface area contributed by atoms with E-state index in [0.717, 1.165) is 19.6 Å². The standard InChI is InChI=1S/C22H22N4O/c1-16-20(19-7-2-3-8-21(19)24-16)15-25-9-11-26(12-10-25)22(27)18-6-4-5-17(13-18)14-23/h2-8,13,24H,9-12,15H2,1H3. The minimum absolute atomic E-state index is 0.00928. The molecule has 1 aliphatic rings. The number of benzene rings is 2. The van der Waals surface area contributed by atoms with Crippen molar-refractivity contribution >= 4 is 16.8 Å². The van der Waals surface area contributed by atoms with Crippen molar-refractivity contribution in [1.29, 1.82) is 5.26 Å². The summed E-state index contributed by atoms with van der Waals surface area (Å²) < 4.78 is 0. The number of amides is 1. The van der Waals surface area contributed by atoms with E-state index >= 15 is 0 Å². The molecule has 1 amide bonds. The topological polar surface area (TPSA) is 63.1 Å². The van der Waals surface area contributed by atoms with Gasteiger partial charge in [-0.3, -0.25) is 9.69 Å². The van der Waals surface area contributed by atoms with E-state index in [9.17, 15) is 4.79 Å². The second-order valence-corrected chi connectivity index (χ2v) is 7.04. The van der Waals surface area contributed by atoms with Crippen molar-refractivity contribution < 1.29 is 4.79 Å². The molecular weight excluding hydrogens is 336 g/mol. The molecule has 5 nitrogen and oxygen atoms in total. The fourth-order valence-corrected chi connectivity index (χ4v) is 3.78. The van der Waals surface area contributed by atoms with Crippen molar-refractivity contribution in [2.24, 2.45) is 0 Å². The molecule has 1 fully saturated rings. The molecule has 0 atom stereocenters. The van der Waals surface area contributed by atoms with Crippen molar-refractivity contribution in [3.63, 3.8) is 0 Å². The Labute approximate surface area is 158 Å². The molecule has 2 heterocycles. The second kappa shape index (κ2) is 7.26. The monoisotopic (exact) mass is 358 g/mol. The number of carbonyl (C=O) groups excluding carboxylic acids is 1. The lowest BCUT2D eigenvalue weighted by Gasteiger charge is -2.35. The van der Waals surface area contributed by atoms with Crippen LogP contribution < -0.4 is 0 Å². The number of nitriles is 1. The van der Waals surface area contributed by atoms with Gasteiger partial charge in [0.25, 0.3) is 5.91 Å². The molecule has 2 aromatic carbocycles. The number of hydrogen-bond donors (Lipinski definition) is 1. The highest BCUT2D eigenvalue weighted by molar-refractivity contribution is 5.94. The first kappa shape index (κ1) is 17.3. The zero-order valence-corrected chi connectivity index (χ0v) is 15.4. The van der Waals surface area contributed by atoms with Crippen LogP contribution in [0.25, 0.3) is 10.9 Å². The zero-order valence-electron chi connectivity index (χ0n) is 15.4. The minimum Gasteiger partial charge on any atom is -0.358 e. The average Bonchev–Trinajstić information content (AvgIpc) is 3.03. The van der Waals surface area contributed by atoms with Gasteiger partial charge in [-0.25, -0.2) is 0 Å². The van der Waals surface area contributed by atoms with E-state index < -0.39 is 0 Å². The first-order valence-electron chi connectivity index (χ1n) is 9.23. The summed E-state index contributed by atoms with van der Waals surface area (Å²) in [6.45, 7) is 6.12. The van der Waals surface area contributed by atoms with Crippen LogP contribution in [0.2, 0.25) is 0 Å². The Morgan fingerprint density at radius 1 is 1.11 bits per heavy atom. The quantitative estimate of drug-likeness (QED) is 0.781. The van der Waals surface area contributed by atoms with Gasteiger partial charge in [0, 0.05) is 54.9 Å². The molecule has 136 valence electrons. The number of rotatable bonds is 3. The highest BCUT2D eigenvalue weighted by Gasteiger charge is 2.23. The molecule has 3 aromatic rings. The van der Waals surface area contributed by atoms with Gasteiger partial charge in [-0.1, -0.05) is 24.3 Å². The normalized spacial score (nSPS) is 15.0. The molecule has 1 aromatic heterocycles. The number of fused-ring (bicyclic) bond motifs is 1. The summed E-state index contributed by atoms with van der Waals surface area (Å²) in [7, 11) is 0. The molecular formula is C22H22N4O. The molecule has 0 spiro atoms. The maximum absolute atomic E-state index is 12.7. The van der Waals surface area contributed by atoms with Crippen LogP contribution in [0.5, 0.6) is 0 Å². The Kier molecular flexibility index (Phi) is 4.66. The molecule has 1 aliphatic heterocycles. The molecule has 0 aliphatic carbocycles. The first-order valence-corrected chi connectivity index (χ1v) is 9.23. The van der Waals surface area contributed by atoms with E-state index in [-0.39, 0.29) is 5.91 Å². The molecule has 1 N–H and O–H groups in total. The van der Waals surface area contributed by atoms with Gasteiger partial charge in [-0.05, 0) is 36.8 Å². The third-order valence-electron chi connectivity index (χ3n) is 5.31. The SMILES string of the molecule is Cc1[nH]c2ccccc2c1CN1CCN(C(=O)c2cccc(C#N)c2)CC1. The number of piperazine rings is 1. The van der Waals surface area contributed by atoms with E-state index in [0.29, 0.717) is 24.2 Å². The summed E-state index contributed by atoms with van der Waals surface area (Å²) in [5.74, 6) is 0.00928. The number of H-pyrrole nitrogens is 1. The van der Waals surface area contributed by atoms with Crippen LogP contribution in [-0.4, -0.2) is 46.9 Å². The Bertz CT molecular complexity index is 1020. The number of aromatic amines is 1. The van der Waals surface area contributed by atoms with Gasteiger partial charge < -0.3 is 9.88 Å². The van der Waals surface area contributed by atoms with Crippen LogP contribution in [0.4, 0.5) is 0 Å². The lowest BCUT2D eigenvalue weighted by Crippen LogP contribution is -2.48. The summed E-state index contributed by atoms with van der Waals surface area (Å²) in [5.41, 5.74) is 4.84. The molecule has 0 saturated carbocycles. The van der Waals surface area contributed by atoms with Gasteiger partial charge in [-0.15, -0.1) is 0 Å². The average molecular weight is 358 g/mol. The van der Waals surface area contributed by atoms with Gasteiger partial charge in [0.15, 0.2) is 0 Å². The van der Waals surface area contributed by atoms with Crippen LogP contribution >= 0.6 is 0 Å².